The van der Waals surface area contributed by atoms with Gasteiger partial charge in [0.1, 0.15) is 5.75 Å². The van der Waals surface area contributed by atoms with E-state index in [1.807, 2.05) is 6.07 Å². The van der Waals surface area contributed by atoms with Crippen LogP contribution in [0.2, 0.25) is 0 Å². The Hall–Kier alpha value is -0.630. The van der Waals surface area contributed by atoms with Crippen molar-refractivity contribution in [2.45, 2.75) is 83.0 Å². The third-order valence-corrected chi connectivity index (χ3v) is 4.22. The summed E-state index contributed by atoms with van der Waals surface area (Å²) in [5.41, 5.74) is 1.23. The number of hydrogen-bond donors (Lipinski definition) is 1. The summed E-state index contributed by atoms with van der Waals surface area (Å²) in [5.74, 6) is 0.917. The minimum atomic E-state index is 0.813. The van der Waals surface area contributed by atoms with Crippen LogP contribution < -0.4 is 4.74 Å². The molecule has 1 aromatic rings. The van der Waals surface area contributed by atoms with E-state index in [1.165, 1.54) is 63.4 Å². The van der Waals surface area contributed by atoms with E-state index in [0.29, 0.717) is 0 Å². The Morgan fingerprint density at radius 1 is 0.857 bits per heavy atom. The zero-order valence-corrected chi connectivity index (χ0v) is 14.8. The fourth-order valence-corrected chi connectivity index (χ4v) is 2.86. The van der Waals surface area contributed by atoms with Crippen molar-refractivity contribution in [1.82, 2.24) is 0 Å². The highest BCUT2D eigenvalue weighted by Crippen LogP contribution is 2.23. The molecule has 0 aromatic heterocycles. The number of thiol groups is 1. The molecule has 0 saturated heterocycles. The van der Waals surface area contributed by atoms with Gasteiger partial charge in [-0.1, -0.05) is 70.8 Å². The zero-order chi connectivity index (χ0) is 15.3. The number of ether oxygens (including phenoxy) is 1. The number of aryl methyl sites for hydroxylation is 1. The number of unbranched alkanes of at least 4 members (excludes halogenated alkanes) is 9. The van der Waals surface area contributed by atoms with Gasteiger partial charge in [0.25, 0.3) is 0 Å². The summed E-state index contributed by atoms with van der Waals surface area (Å²) in [7, 11) is 0. The van der Waals surface area contributed by atoms with Crippen molar-refractivity contribution in [1.29, 1.82) is 0 Å². The molecule has 0 fully saturated rings. The van der Waals surface area contributed by atoms with Gasteiger partial charge in [-0.2, -0.15) is 0 Å². The second-order valence-corrected chi connectivity index (χ2v) is 6.48. The van der Waals surface area contributed by atoms with Crippen molar-refractivity contribution in [3.05, 3.63) is 23.8 Å². The molecule has 0 amide bonds. The Labute approximate surface area is 136 Å². The number of hydrogen-bond acceptors (Lipinski definition) is 2. The summed E-state index contributed by atoms with van der Waals surface area (Å²) in [4.78, 5) is 0.946. The van der Waals surface area contributed by atoms with Gasteiger partial charge >= 0.3 is 0 Å². The molecule has 0 atom stereocenters. The summed E-state index contributed by atoms with van der Waals surface area (Å²) in [6, 6.07) is 6.15. The normalized spacial score (nSPS) is 10.8. The smallest absolute Gasteiger partial charge is 0.132 e. The summed E-state index contributed by atoms with van der Waals surface area (Å²) in [6.07, 6.45) is 13.6. The first kappa shape index (κ1) is 18.4. The molecule has 1 rings (SSSR count). The molecule has 0 bridgehead atoms. The van der Waals surface area contributed by atoms with Gasteiger partial charge in [0, 0.05) is 4.90 Å². The van der Waals surface area contributed by atoms with Crippen molar-refractivity contribution in [3.63, 3.8) is 0 Å². The first-order valence-electron chi connectivity index (χ1n) is 8.66. The summed E-state index contributed by atoms with van der Waals surface area (Å²) >= 11 is 4.45. The van der Waals surface area contributed by atoms with Crippen LogP contribution in [0.1, 0.15) is 76.7 Å². The first-order chi connectivity index (χ1) is 10.2. The maximum atomic E-state index is 5.79. The lowest BCUT2D eigenvalue weighted by atomic mass is 10.1. The number of benzene rings is 1. The molecule has 0 aliphatic heterocycles. The molecule has 1 nitrogen and oxygen atoms in total. The largest absolute Gasteiger partial charge is 0.492 e. The average molecular weight is 309 g/mol. The molecule has 1 aromatic carbocycles. The van der Waals surface area contributed by atoms with Gasteiger partial charge in [0.15, 0.2) is 0 Å². The van der Waals surface area contributed by atoms with Gasteiger partial charge in [-0.15, -0.1) is 12.6 Å². The van der Waals surface area contributed by atoms with E-state index < -0.39 is 0 Å². The Balaban J connectivity index is 1.93. The van der Waals surface area contributed by atoms with E-state index in [2.05, 4.69) is 38.6 Å². The standard InChI is InChI=1S/C19H32OS/c1-3-4-5-6-7-8-9-10-11-12-15-20-18-14-13-17(2)16-19(18)21/h13-14,16,21H,3-12,15H2,1-2H3. The van der Waals surface area contributed by atoms with Gasteiger partial charge in [-0.25, -0.2) is 0 Å². The van der Waals surface area contributed by atoms with Crippen molar-refractivity contribution in [2.24, 2.45) is 0 Å². The van der Waals surface area contributed by atoms with Crippen molar-refractivity contribution < 1.29 is 4.74 Å². The van der Waals surface area contributed by atoms with Gasteiger partial charge in [-0.05, 0) is 31.0 Å². The Morgan fingerprint density at radius 2 is 1.43 bits per heavy atom. The van der Waals surface area contributed by atoms with Crippen LogP contribution in [-0.4, -0.2) is 6.61 Å². The molecule has 21 heavy (non-hydrogen) atoms. The Bertz CT molecular complexity index is 376. The summed E-state index contributed by atoms with van der Waals surface area (Å²) < 4.78 is 5.79. The molecule has 120 valence electrons. The van der Waals surface area contributed by atoms with Gasteiger partial charge in [0.2, 0.25) is 0 Å². The van der Waals surface area contributed by atoms with Crippen LogP contribution in [0.4, 0.5) is 0 Å². The molecular weight excluding hydrogens is 276 g/mol. The Kier molecular flexibility index (Phi) is 10.5. The minimum Gasteiger partial charge on any atom is -0.492 e. The van der Waals surface area contributed by atoms with E-state index >= 15 is 0 Å². The van der Waals surface area contributed by atoms with Crippen LogP contribution in [0.25, 0.3) is 0 Å². The fraction of sp³-hybridized carbons (Fsp3) is 0.684. The highest BCUT2D eigenvalue weighted by atomic mass is 32.1. The molecule has 0 aliphatic carbocycles. The van der Waals surface area contributed by atoms with Gasteiger partial charge in [0.05, 0.1) is 6.61 Å². The van der Waals surface area contributed by atoms with Crippen molar-refractivity contribution in [3.8, 4) is 5.75 Å². The van der Waals surface area contributed by atoms with E-state index in [-0.39, 0.29) is 0 Å². The summed E-state index contributed by atoms with van der Waals surface area (Å²) in [6.45, 7) is 5.16. The van der Waals surface area contributed by atoms with Crippen molar-refractivity contribution in [2.75, 3.05) is 6.61 Å². The van der Waals surface area contributed by atoms with Gasteiger partial charge in [-0.3, -0.25) is 0 Å². The third kappa shape index (κ3) is 9.08. The molecule has 0 radical (unpaired) electrons. The van der Waals surface area contributed by atoms with Crippen LogP contribution in [-0.2, 0) is 0 Å². The Morgan fingerprint density at radius 3 is 2.00 bits per heavy atom. The van der Waals surface area contributed by atoms with E-state index in [4.69, 9.17) is 4.74 Å². The molecular formula is C19H32OS. The fourth-order valence-electron chi connectivity index (χ4n) is 2.52. The quantitative estimate of drug-likeness (QED) is 0.339. The lowest BCUT2D eigenvalue weighted by molar-refractivity contribution is 0.297. The average Bonchev–Trinajstić information content (AvgIpc) is 2.46. The van der Waals surface area contributed by atoms with Gasteiger partial charge < -0.3 is 4.74 Å². The van der Waals surface area contributed by atoms with E-state index in [1.54, 1.807) is 0 Å². The SMILES string of the molecule is CCCCCCCCCCCCOc1ccc(C)cc1S. The van der Waals surface area contributed by atoms with Crippen molar-refractivity contribution >= 4 is 12.6 Å². The molecule has 0 saturated carbocycles. The molecule has 0 unspecified atom stereocenters. The lowest BCUT2D eigenvalue weighted by Crippen LogP contribution is -1.98. The van der Waals surface area contributed by atoms with E-state index in [0.717, 1.165) is 23.7 Å². The molecule has 0 aliphatic rings. The highest BCUT2D eigenvalue weighted by molar-refractivity contribution is 7.80. The second-order valence-electron chi connectivity index (χ2n) is 6.00. The minimum absolute atomic E-state index is 0.813. The van der Waals surface area contributed by atoms with E-state index in [9.17, 15) is 0 Å². The maximum absolute atomic E-state index is 5.79. The third-order valence-electron chi connectivity index (χ3n) is 3.87. The first-order valence-corrected chi connectivity index (χ1v) is 9.11. The molecule has 2 heteroatoms. The monoisotopic (exact) mass is 308 g/mol. The predicted octanol–water partition coefficient (Wildman–Crippen LogP) is 6.58. The summed E-state index contributed by atoms with van der Waals surface area (Å²) in [5, 5.41) is 0. The zero-order valence-electron chi connectivity index (χ0n) is 13.9. The van der Waals surface area contributed by atoms with Crippen LogP contribution in [0.5, 0.6) is 5.75 Å². The lowest BCUT2D eigenvalue weighted by Gasteiger charge is -2.09. The molecule has 0 spiro atoms. The maximum Gasteiger partial charge on any atom is 0.132 e. The molecule has 0 N–H and O–H groups in total. The van der Waals surface area contributed by atoms with Crippen LogP contribution >= 0.6 is 12.6 Å². The van der Waals surface area contributed by atoms with Crippen LogP contribution in [0.15, 0.2) is 23.1 Å². The number of rotatable bonds is 12. The second kappa shape index (κ2) is 12.0. The predicted molar refractivity (Wildman–Crippen MR) is 95.8 cm³/mol. The van der Waals surface area contributed by atoms with Crippen LogP contribution in [0, 0.1) is 6.92 Å². The topological polar surface area (TPSA) is 9.23 Å². The molecule has 0 heterocycles. The van der Waals surface area contributed by atoms with Crippen LogP contribution in [0.3, 0.4) is 0 Å². The highest BCUT2D eigenvalue weighted by Gasteiger charge is 2.00.